The van der Waals surface area contributed by atoms with Crippen molar-refractivity contribution in [3.05, 3.63) is 59.7 Å². The largest absolute Gasteiger partial charge is 0.489 e. The van der Waals surface area contributed by atoms with Gasteiger partial charge in [-0.15, -0.1) is 0 Å². The maximum atomic E-state index is 11.6. The van der Waals surface area contributed by atoms with Gasteiger partial charge in [-0.3, -0.25) is 4.90 Å². The topological polar surface area (TPSA) is 62.2 Å². The fourth-order valence-electron chi connectivity index (χ4n) is 4.12. The second-order valence-corrected chi connectivity index (χ2v) is 8.99. The molecule has 1 heterocycles. The summed E-state index contributed by atoms with van der Waals surface area (Å²) in [5.74, 6) is 0.563. The molecule has 0 saturated carbocycles. The van der Waals surface area contributed by atoms with Crippen molar-refractivity contribution in [2.45, 2.75) is 51.4 Å². The van der Waals surface area contributed by atoms with E-state index in [-0.39, 0.29) is 12.1 Å². The molecule has 174 valence electrons. The first-order valence-electron chi connectivity index (χ1n) is 11.4. The van der Waals surface area contributed by atoms with Crippen LogP contribution in [0.15, 0.2) is 48.5 Å². The Hall–Kier alpha value is -2.57. The van der Waals surface area contributed by atoms with Crippen molar-refractivity contribution in [2.75, 3.05) is 38.7 Å². The molecule has 6 heteroatoms. The van der Waals surface area contributed by atoms with Crippen LogP contribution in [-0.2, 0) is 11.3 Å². The molecule has 0 amide bonds. The molecule has 1 N–H and O–H groups in total. The summed E-state index contributed by atoms with van der Waals surface area (Å²) in [7, 11) is 3.44. The number of para-hydroxylation sites is 2. The van der Waals surface area contributed by atoms with Gasteiger partial charge in [0.15, 0.2) is 0 Å². The van der Waals surface area contributed by atoms with Crippen LogP contribution in [0.1, 0.15) is 49.0 Å². The van der Waals surface area contributed by atoms with E-state index in [0.29, 0.717) is 5.56 Å². The van der Waals surface area contributed by atoms with Crippen molar-refractivity contribution >= 4 is 11.7 Å². The van der Waals surface area contributed by atoms with Crippen LogP contribution >= 0.6 is 0 Å². The fraction of sp³-hybridized carbons (Fsp3) is 0.500. The Morgan fingerprint density at radius 3 is 2.41 bits per heavy atom. The number of nitrogens with zero attached hydrogens (tertiary/aromatic N) is 2. The molecule has 2 aromatic rings. The lowest BCUT2D eigenvalue weighted by Crippen LogP contribution is -2.45. The highest BCUT2D eigenvalue weighted by Gasteiger charge is 2.32. The molecule has 1 aliphatic rings. The quantitative estimate of drug-likeness (QED) is 0.592. The summed E-state index contributed by atoms with van der Waals surface area (Å²) in [6.07, 6.45) is 2.35. The zero-order valence-electron chi connectivity index (χ0n) is 19.7. The molecule has 3 rings (SSSR count). The van der Waals surface area contributed by atoms with Gasteiger partial charge in [0.25, 0.3) is 0 Å². The van der Waals surface area contributed by atoms with Gasteiger partial charge >= 0.3 is 5.97 Å². The first-order valence-corrected chi connectivity index (χ1v) is 11.4. The first-order chi connectivity index (χ1) is 15.3. The summed E-state index contributed by atoms with van der Waals surface area (Å²) in [5, 5.41) is 11.2. The number of hydrogen-bond acceptors (Lipinski definition) is 6. The lowest BCUT2D eigenvalue weighted by Gasteiger charge is -2.39. The maximum Gasteiger partial charge on any atom is 0.337 e. The van der Waals surface area contributed by atoms with Gasteiger partial charge in [-0.05, 0) is 62.9 Å². The van der Waals surface area contributed by atoms with E-state index in [1.54, 1.807) is 12.1 Å². The average molecular weight is 441 g/mol. The number of aliphatic hydroxyl groups is 1. The molecular weight excluding hydrogens is 404 g/mol. The smallest absolute Gasteiger partial charge is 0.337 e. The Bertz CT molecular complexity index is 874. The second-order valence-electron chi connectivity index (χ2n) is 8.99. The Balaban J connectivity index is 1.49. The predicted octanol–water partition coefficient (Wildman–Crippen LogP) is 4.11. The van der Waals surface area contributed by atoms with E-state index in [9.17, 15) is 9.90 Å². The number of carbonyl (C=O) groups excluding carboxylic acids is 1. The number of rotatable bonds is 9. The molecule has 1 saturated heterocycles. The van der Waals surface area contributed by atoms with Crippen LogP contribution in [0.25, 0.3) is 0 Å². The van der Waals surface area contributed by atoms with Crippen molar-refractivity contribution in [3.8, 4) is 5.75 Å². The van der Waals surface area contributed by atoms with Crippen LogP contribution in [0.4, 0.5) is 5.69 Å². The number of carbonyl (C=O) groups is 1. The van der Waals surface area contributed by atoms with Crippen LogP contribution in [0, 0.1) is 0 Å². The van der Waals surface area contributed by atoms with Gasteiger partial charge in [0.2, 0.25) is 0 Å². The number of anilines is 1. The lowest BCUT2D eigenvalue weighted by molar-refractivity contribution is -0.0275. The van der Waals surface area contributed by atoms with Crippen LogP contribution in [0.2, 0.25) is 0 Å². The fourth-order valence-corrected chi connectivity index (χ4v) is 4.12. The van der Waals surface area contributed by atoms with Crippen molar-refractivity contribution in [2.24, 2.45) is 0 Å². The molecule has 1 aliphatic heterocycles. The number of benzene rings is 2. The van der Waals surface area contributed by atoms with E-state index in [2.05, 4.69) is 22.9 Å². The van der Waals surface area contributed by atoms with E-state index >= 15 is 0 Å². The third kappa shape index (κ3) is 6.47. The molecule has 0 aliphatic carbocycles. The third-order valence-corrected chi connectivity index (χ3v) is 6.12. The molecule has 0 aromatic heterocycles. The van der Waals surface area contributed by atoms with Crippen LogP contribution in [-0.4, -0.2) is 61.5 Å². The van der Waals surface area contributed by atoms with Crippen molar-refractivity contribution in [1.29, 1.82) is 0 Å². The number of ether oxygens (including phenoxy) is 2. The number of piperidine rings is 1. The Morgan fingerprint density at radius 1 is 1.12 bits per heavy atom. The molecule has 0 atom stereocenters. The maximum absolute atomic E-state index is 11.6. The summed E-state index contributed by atoms with van der Waals surface area (Å²) in [4.78, 5) is 16.1. The van der Waals surface area contributed by atoms with Crippen LogP contribution in [0.5, 0.6) is 5.75 Å². The number of hydrogen-bond donors (Lipinski definition) is 1. The second kappa shape index (κ2) is 10.8. The highest BCUT2D eigenvalue weighted by atomic mass is 16.5. The van der Waals surface area contributed by atoms with Gasteiger partial charge in [-0.2, -0.15) is 0 Å². The van der Waals surface area contributed by atoms with Crippen LogP contribution < -0.4 is 9.64 Å². The highest BCUT2D eigenvalue weighted by Crippen LogP contribution is 2.31. The average Bonchev–Trinajstić information content (AvgIpc) is 2.79. The van der Waals surface area contributed by atoms with Gasteiger partial charge in [-0.25, -0.2) is 4.79 Å². The molecule has 0 bridgehead atoms. The zero-order valence-corrected chi connectivity index (χ0v) is 19.7. The molecule has 32 heavy (non-hydrogen) atoms. The highest BCUT2D eigenvalue weighted by molar-refractivity contribution is 5.89. The van der Waals surface area contributed by atoms with E-state index in [1.165, 1.54) is 7.11 Å². The van der Waals surface area contributed by atoms with Gasteiger partial charge in [0.05, 0.1) is 30.1 Å². The summed E-state index contributed by atoms with van der Waals surface area (Å²) < 4.78 is 10.7. The Morgan fingerprint density at radius 2 is 1.78 bits per heavy atom. The SMILES string of the molecule is COC(=O)c1ccc(CN2CCC(O)(CCN(C)c3ccccc3OC(C)C)CC2)cc1. The molecular formula is C26H36N2O4. The Kier molecular flexibility index (Phi) is 8.15. The molecule has 0 spiro atoms. The first kappa shape index (κ1) is 24.1. The predicted molar refractivity (Wildman–Crippen MR) is 127 cm³/mol. The van der Waals surface area contributed by atoms with Crippen molar-refractivity contribution in [3.63, 3.8) is 0 Å². The summed E-state index contributed by atoms with van der Waals surface area (Å²) in [6, 6.07) is 15.6. The molecule has 0 radical (unpaired) electrons. The normalized spacial score (nSPS) is 16.1. The minimum Gasteiger partial charge on any atom is -0.489 e. The van der Waals surface area contributed by atoms with E-state index in [1.807, 2.05) is 44.2 Å². The molecule has 0 unspecified atom stereocenters. The number of esters is 1. The van der Waals surface area contributed by atoms with Gasteiger partial charge in [0, 0.05) is 33.2 Å². The van der Waals surface area contributed by atoms with E-state index in [4.69, 9.17) is 9.47 Å². The van der Waals surface area contributed by atoms with Crippen LogP contribution in [0.3, 0.4) is 0 Å². The zero-order chi connectivity index (χ0) is 23.1. The van der Waals surface area contributed by atoms with Crippen molar-refractivity contribution < 1.29 is 19.4 Å². The van der Waals surface area contributed by atoms with Crippen molar-refractivity contribution in [1.82, 2.24) is 4.90 Å². The monoisotopic (exact) mass is 440 g/mol. The third-order valence-electron chi connectivity index (χ3n) is 6.12. The van der Waals surface area contributed by atoms with E-state index < -0.39 is 5.60 Å². The Labute approximate surface area is 191 Å². The molecule has 1 fully saturated rings. The lowest BCUT2D eigenvalue weighted by atomic mass is 9.88. The summed E-state index contributed by atoms with van der Waals surface area (Å²) in [6.45, 7) is 7.35. The molecule has 6 nitrogen and oxygen atoms in total. The summed E-state index contributed by atoms with van der Waals surface area (Å²) >= 11 is 0. The van der Waals surface area contributed by atoms with Gasteiger partial charge in [-0.1, -0.05) is 24.3 Å². The van der Waals surface area contributed by atoms with Gasteiger partial charge in [0.1, 0.15) is 5.75 Å². The standard InChI is InChI=1S/C26H36N2O4/c1-20(2)32-24-8-6-5-7-23(24)27(3)16-13-26(30)14-17-28(18-15-26)19-21-9-11-22(12-10-21)25(29)31-4/h5-12,20,30H,13-19H2,1-4H3. The number of methoxy groups -OCH3 is 1. The van der Waals surface area contributed by atoms with Gasteiger partial charge < -0.3 is 19.5 Å². The number of likely N-dealkylation sites (tertiary alicyclic amines) is 1. The minimum atomic E-state index is -0.645. The van der Waals surface area contributed by atoms with E-state index in [0.717, 1.165) is 62.4 Å². The molecule has 2 aromatic carbocycles. The minimum absolute atomic E-state index is 0.120. The summed E-state index contributed by atoms with van der Waals surface area (Å²) in [5.41, 5.74) is 2.13.